The molecule has 1 aromatic heterocycles. The average Bonchev–Trinajstić information content (AvgIpc) is 2.63. The summed E-state index contributed by atoms with van der Waals surface area (Å²) in [7, 11) is 0. The maximum atomic E-state index is 11.1. The molecule has 1 aromatic rings. The Morgan fingerprint density at radius 3 is 3.20 bits per heavy atom. The van der Waals surface area contributed by atoms with Gasteiger partial charge < -0.3 is 4.74 Å². The van der Waals surface area contributed by atoms with Crippen molar-refractivity contribution in [2.45, 2.75) is 6.42 Å². The van der Waals surface area contributed by atoms with Gasteiger partial charge in [-0.2, -0.15) is 0 Å². The Morgan fingerprint density at radius 2 is 2.53 bits per heavy atom. The molecule has 1 heterocycles. The van der Waals surface area contributed by atoms with Crippen LogP contribution < -0.4 is 5.32 Å². The number of aromatic nitrogens is 1. The third-order valence-corrected chi connectivity index (χ3v) is 2.19. The van der Waals surface area contributed by atoms with Crippen LogP contribution in [-0.2, 0) is 4.74 Å². The van der Waals surface area contributed by atoms with E-state index in [-0.39, 0.29) is 6.61 Å². The predicted molar refractivity (Wildman–Crippen MR) is 60.7 cm³/mol. The highest BCUT2D eigenvalue weighted by atomic mass is 32.1. The molecule has 1 rings (SSSR count). The molecule has 0 atom stereocenters. The van der Waals surface area contributed by atoms with Crippen LogP contribution in [-0.4, -0.2) is 17.7 Å². The zero-order valence-electron chi connectivity index (χ0n) is 8.23. The second-order valence-corrected chi connectivity index (χ2v) is 3.44. The lowest BCUT2D eigenvalue weighted by Gasteiger charge is -2.00. The van der Waals surface area contributed by atoms with Crippen molar-refractivity contribution in [3.05, 3.63) is 37.1 Å². The molecule has 0 aliphatic carbocycles. The summed E-state index contributed by atoms with van der Waals surface area (Å²) in [5.74, 6) is 0. The Balaban J connectivity index is 2.42. The van der Waals surface area contributed by atoms with Crippen molar-refractivity contribution in [2.75, 3.05) is 11.9 Å². The van der Waals surface area contributed by atoms with E-state index in [4.69, 9.17) is 4.74 Å². The van der Waals surface area contributed by atoms with Crippen molar-refractivity contribution in [2.24, 2.45) is 0 Å². The maximum Gasteiger partial charge on any atom is 0.413 e. The second-order valence-electron chi connectivity index (χ2n) is 2.58. The number of carbonyl (C=O) groups is 1. The molecule has 15 heavy (non-hydrogen) atoms. The topological polar surface area (TPSA) is 51.2 Å². The SMILES string of the molecule is [CH2]C[CH]c1csc(NC(=O)OCC=C)n1. The highest BCUT2D eigenvalue weighted by Crippen LogP contribution is 2.17. The smallest absolute Gasteiger partial charge is 0.413 e. The summed E-state index contributed by atoms with van der Waals surface area (Å²) in [5, 5.41) is 4.87. The van der Waals surface area contributed by atoms with E-state index in [9.17, 15) is 4.79 Å². The van der Waals surface area contributed by atoms with Gasteiger partial charge >= 0.3 is 6.09 Å². The summed E-state index contributed by atoms with van der Waals surface area (Å²) in [5.41, 5.74) is 0.814. The van der Waals surface area contributed by atoms with Crippen molar-refractivity contribution < 1.29 is 9.53 Å². The molecule has 80 valence electrons. The first kappa shape index (κ1) is 11.7. The van der Waals surface area contributed by atoms with Gasteiger partial charge in [0.25, 0.3) is 0 Å². The number of ether oxygens (including phenoxy) is 1. The summed E-state index contributed by atoms with van der Waals surface area (Å²) >= 11 is 1.34. The summed E-state index contributed by atoms with van der Waals surface area (Å²) in [4.78, 5) is 15.2. The summed E-state index contributed by atoms with van der Waals surface area (Å²) in [6.45, 7) is 7.31. The Bertz CT molecular complexity index is 336. The quantitative estimate of drug-likeness (QED) is 0.782. The third kappa shape index (κ3) is 4.12. The number of thiazole rings is 1. The maximum absolute atomic E-state index is 11.1. The molecule has 1 N–H and O–H groups in total. The lowest BCUT2D eigenvalue weighted by molar-refractivity contribution is 0.174. The van der Waals surface area contributed by atoms with Gasteiger partial charge in [0.15, 0.2) is 5.13 Å². The number of hydrogen-bond acceptors (Lipinski definition) is 4. The van der Waals surface area contributed by atoms with Gasteiger partial charge in [0.05, 0.1) is 5.69 Å². The first-order valence-electron chi connectivity index (χ1n) is 4.39. The predicted octanol–water partition coefficient (Wildman–Crippen LogP) is 2.65. The molecule has 0 aromatic carbocycles. The molecule has 0 spiro atoms. The monoisotopic (exact) mass is 224 g/mol. The largest absolute Gasteiger partial charge is 0.445 e. The highest BCUT2D eigenvalue weighted by molar-refractivity contribution is 7.13. The number of amides is 1. The van der Waals surface area contributed by atoms with E-state index < -0.39 is 6.09 Å². The Kier molecular flexibility index (Phi) is 4.83. The van der Waals surface area contributed by atoms with Crippen molar-refractivity contribution in [3.63, 3.8) is 0 Å². The van der Waals surface area contributed by atoms with E-state index in [0.717, 1.165) is 5.69 Å². The minimum atomic E-state index is -0.523. The Morgan fingerprint density at radius 1 is 1.73 bits per heavy atom. The van der Waals surface area contributed by atoms with Crippen LogP contribution in [0, 0.1) is 13.3 Å². The fraction of sp³-hybridized carbons (Fsp3) is 0.200. The van der Waals surface area contributed by atoms with E-state index >= 15 is 0 Å². The van der Waals surface area contributed by atoms with Crippen molar-refractivity contribution in [1.29, 1.82) is 0 Å². The number of anilines is 1. The zero-order chi connectivity index (χ0) is 11.1. The van der Waals surface area contributed by atoms with Crippen molar-refractivity contribution in [3.8, 4) is 0 Å². The normalized spacial score (nSPS) is 9.67. The zero-order valence-corrected chi connectivity index (χ0v) is 9.05. The van der Waals surface area contributed by atoms with Crippen LogP contribution in [0.4, 0.5) is 9.93 Å². The van der Waals surface area contributed by atoms with Gasteiger partial charge in [0.2, 0.25) is 0 Å². The standard InChI is InChI=1S/C10H12N2O2S/c1-3-5-8-7-15-9(11-8)12-10(13)14-6-4-2/h4-5,7H,1-3,6H2,(H,11,12,13). The van der Waals surface area contributed by atoms with Crippen LogP contribution in [0.2, 0.25) is 0 Å². The minimum Gasteiger partial charge on any atom is -0.445 e. The first-order chi connectivity index (χ1) is 7.26. The molecule has 2 radical (unpaired) electrons. The highest BCUT2D eigenvalue weighted by Gasteiger charge is 2.06. The number of nitrogens with one attached hydrogen (secondary N) is 1. The van der Waals surface area contributed by atoms with Gasteiger partial charge in [-0.25, -0.2) is 9.78 Å². The fourth-order valence-electron chi connectivity index (χ4n) is 0.843. The summed E-state index contributed by atoms with van der Waals surface area (Å²) in [6, 6.07) is 0. The number of nitrogens with zero attached hydrogens (tertiary/aromatic N) is 1. The molecule has 0 saturated heterocycles. The van der Waals surface area contributed by atoms with Crippen molar-refractivity contribution >= 4 is 22.6 Å². The molecule has 1 amide bonds. The van der Waals surface area contributed by atoms with Crippen LogP contribution in [0.5, 0.6) is 0 Å². The number of carbonyl (C=O) groups excluding carboxylic acids is 1. The van der Waals surface area contributed by atoms with Crippen LogP contribution >= 0.6 is 11.3 Å². The molecule has 4 nitrogen and oxygen atoms in total. The van der Waals surface area contributed by atoms with E-state index in [2.05, 4.69) is 23.8 Å². The van der Waals surface area contributed by atoms with Crippen LogP contribution in [0.25, 0.3) is 0 Å². The van der Waals surface area contributed by atoms with E-state index in [1.165, 1.54) is 17.4 Å². The van der Waals surface area contributed by atoms with E-state index in [1.54, 1.807) is 0 Å². The van der Waals surface area contributed by atoms with Crippen molar-refractivity contribution in [1.82, 2.24) is 4.98 Å². The molecule has 0 aliphatic rings. The third-order valence-electron chi connectivity index (χ3n) is 1.42. The number of rotatable bonds is 5. The minimum absolute atomic E-state index is 0.190. The van der Waals surface area contributed by atoms with Gasteiger partial charge in [-0.15, -0.1) is 11.3 Å². The van der Waals surface area contributed by atoms with Gasteiger partial charge in [-0.1, -0.05) is 19.6 Å². The van der Waals surface area contributed by atoms with E-state index in [1.807, 2.05) is 11.8 Å². The lowest BCUT2D eigenvalue weighted by atomic mass is 10.3. The summed E-state index contributed by atoms with van der Waals surface area (Å²) in [6.07, 6.45) is 3.52. The number of hydrogen-bond donors (Lipinski definition) is 1. The van der Waals surface area contributed by atoms with Crippen LogP contribution in [0.15, 0.2) is 18.0 Å². The fourth-order valence-corrected chi connectivity index (χ4v) is 1.52. The van der Waals surface area contributed by atoms with Gasteiger partial charge in [0.1, 0.15) is 6.61 Å². The molecular formula is C10H12N2O2S. The molecule has 0 fully saturated rings. The molecule has 0 saturated carbocycles. The Hall–Kier alpha value is -1.36. The van der Waals surface area contributed by atoms with Gasteiger partial charge in [-0.05, 0) is 6.42 Å². The average molecular weight is 224 g/mol. The summed E-state index contributed by atoms with van der Waals surface area (Å²) < 4.78 is 4.74. The molecule has 0 aliphatic heterocycles. The van der Waals surface area contributed by atoms with Gasteiger partial charge in [0, 0.05) is 11.8 Å². The molecule has 0 unspecified atom stereocenters. The molecule has 0 bridgehead atoms. The van der Waals surface area contributed by atoms with Crippen LogP contribution in [0.1, 0.15) is 12.1 Å². The van der Waals surface area contributed by atoms with Gasteiger partial charge in [-0.3, -0.25) is 5.32 Å². The second kappa shape index (κ2) is 6.19. The molecular weight excluding hydrogens is 212 g/mol. The van der Waals surface area contributed by atoms with E-state index in [0.29, 0.717) is 11.6 Å². The first-order valence-corrected chi connectivity index (χ1v) is 5.27. The Labute approximate surface area is 93.0 Å². The lowest BCUT2D eigenvalue weighted by Crippen LogP contribution is -2.13. The molecule has 5 heteroatoms. The van der Waals surface area contributed by atoms with Crippen LogP contribution in [0.3, 0.4) is 0 Å².